The molecular formula is C25H32N4O6S. The smallest absolute Gasteiger partial charge is 0.338 e. The summed E-state index contributed by atoms with van der Waals surface area (Å²) in [5, 5.41) is 15.2. The lowest BCUT2D eigenvalue weighted by molar-refractivity contribution is 0.0375. The molecule has 4 rings (SSSR count). The summed E-state index contributed by atoms with van der Waals surface area (Å²) < 4.78 is 34.3. The first-order valence-electron chi connectivity index (χ1n) is 12.2. The van der Waals surface area contributed by atoms with Gasteiger partial charge in [-0.15, -0.1) is 0 Å². The number of ether oxygens (including phenoxy) is 1. The zero-order chi connectivity index (χ0) is 25.5. The van der Waals surface area contributed by atoms with Crippen LogP contribution >= 0.6 is 0 Å². The summed E-state index contributed by atoms with van der Waals surface area (Å²) in [7, 11) is -4.19. The van der Waals surface area contributed by atoms with E-state index >= 15 is 0 Å². The number of morpholine rings is 1. The van der Waals surface area contributed by atoms with E-state index < -0.39 is 22.0 Å². The van der Waals surface area contributed by atoms with Gasteiger partial charge in [-0.25, -0.2) is 18.0 Å². The molecule has 194 valence electrons. The normalized spacial score (nSPS) is 16.1. The number of hydrogen-bond acceptors (Lipinski definition) is 6. The van der Waals surface area contributed by atoms with Gasteiger partial charge in [-0.1, -0.05) is 18.2 Å². The average Bonchev–Trinajstić information content (AvgIpc) is 2.87. The predicted octanol–water partition coefficient (Wildman–Crippen LogP) is 2.91. The van der Waals surface area contributed by atoms with Crippen LogP contribution in [0.2, 0.25) is 0 Å². The Balaban J connectivity index is 1.44. The number of aryl methyl sites for hydroxylation is 1. The SMILES string of the molecule is O=C(NCCCN1CCOCC1)Nc1ccccc1S(=O)(=O)Nc1ccc2c(c1C(=O)O)CCCC2. The fourth-order valence-electron chi connectivity index (χ4n) is 4.66. The molecule has 0 radical (unpaired) electrons. The quantitative estimate of drug-likeness (QED) is 0.376. The number of urea groups is 1. The molecule has 0 aromatic heterocycles. The molecule has 0 saturated carbocycles. The Bertz CT molecular complexity index is 1210. The second kappa shape index (κ2) is 11.7. The Kier molecular flexibility index (Phi) is 8.44. The topological polar surface area (TPSA) is 137 Å². The van der Waals surface area contributed by atoms with Crippen LogP contribution in [0, 0.1) is 0 Å². The number of sulfonamides is 1. The number of amides is 2. The monoisotopic (exact) mass is 516 g/mol. The van der Waals surface area contributed by atoms with Crippen molar-refractivity contribution in [1.82, 2.24) is 10.2 Å². The van der Waals surface area contributed by atoms with Crippen molar-refractivity contribution in [2.45, 2.75) is 37.0 Å². The van der Waals surface area contributed by atoms with Gasteiger partial charge in [0, 0.05) is 19.6 Å². The summed E-state index contributed by atoms with van der Waals surface area (Å²) in [6, 6.07) is 8.80. The van der Waals surface area contributed by atoms with E-state index in [0.29, 0.717) is 31.7 Å². The van der Waals surface area contributed by atoms with Crippen molar-refractivity contribution in [3.05, 3.63) is 53.1 Å². The van der Waals surface area contributed by atoms with E-state index in [4.69, 9.17) is 4.74 Å². The van der Waals surface area contributed by atoms with E-state index in [1.54, 1.807) is 18.2 Å². The average molecular weight is 517 g/mol. The fourth-order valence-corrected chi connectivity index (χ4v) is 5.89. The molecule has 4 N–H and O–H groups in total. The Morgan fingerprint density at radius 3 is 2.53 bits per heavy atom. The number of fused-ring (bicyclic) bond motifs is 1. The van der Waals surface area contributed by atoms with Gasteiger partial charge in [0.25, 0.3) is 10.0 Å². The van der Waals surface area contributed by atoms with Crippen LogP contribution in [0.3, 0.4) is 0 Å². The summed E-state index contributed by atoms with van der Waals surface area (Å²) in [5.41, 5.74) is 1.72. The number of para-hydroxylation sites is 1. The van der Waals surface area contributed by atoms with Crippen LogP contribution in [-0.2, 0) is 27.6 Å². The fraction of sp³-hybridized carbons (Fsp3) is 0.440. The molecule has 36 heavy (non-hydrogen) atoms. The van der Waals surface area contributed by atoms with Crippen molar-refractivity contribution in [2.24, 2.45) is 0 Å². The maximum absolute atomic E-state index is 13.3. The molecule has 2 aromatic rings. The van der Waals surface area contributed by atoms with E-state index in [2.05, 4.69) is 20.3 Å². The summed E-state index contributed by atoms with van der Waals surface area (Å²) >= 11 is 0. The minimum atomic E-state index is -4.19. The molecular weight excluding hydrogens is 484 g/mol. The summed E-state index contributed by atoms with van der Waals surface area (Å²) in [4.78, 5) is 26.6. The molecule has 2 amide bonds. The number of anilines is 2. The van der Waals surface area contributed by atoms with Crippen LogP contribution in [-0.4, -0.2) is 69.8 Å². The summed E-state index contributed by atoms with van der Waals surface area (Å²) in [6.45, 7) is 4.45. The minimum absolute atomic E-state index is 0.0146. The van der Waals surface area contributed by atoms with Crippen LogP contribution < -0.4 is 15.4 Å². The van der Waals surface area contributed by atoms with Gasteiger partial charge < -0.3 is 20.5 Å². The van der Waals surface area contributed by atoms with Gasteiger partial charge >= 0.3 is 12.0 Å². The number of nitrogens with one attached hydrogen (secondary N) is 3. The molecule has 2 aromatic carbocycles. The third-order valence-electron chi connectivity index (χ3n) is 6.46. The molecule has 1 aliphatic heterocycles. The van der Waals surface area contributed by atoms with Crippen LogP contribution in [0.1, 0.15) is 40.7 Å². The van der Waals surface area contributed by atoms with Crippen molar-refractivity contribution in [3.63, 3.8) is 0 Å². The summed E-state index contributed by atoms with van der Waals surface area (Å²) in [5.74, 6) is -1.17. The van der Waals surface area contributed by atoms with Gasteiger partial charge in [0.05, 0.1) is 30.2 Å². The summed E-state index contributed by atoms with van der Waals surface area (Å²) in [6.07, 6.45) is 3.96. The highest BCUT2D eigenvalue weighted by atomic mass is 32.2. The van der Waals surface area contributed by atoms with Crippen LogP contribution in [0.25, 0.3) is 0 Å². The second-order valence-corrected chi connectivity index (χ2v) is 10.6. The van der Waals surface area contributed by atoms with Gasteiger partial charge in [0.2, 0.25) is 0 Å². The Morgan fingerprint density at radius 2 is 1.75 bits per heavy atom. The van der Waals surface area contributed by atoms with Crippen LogP contribution in [0.5, 0.6) is 0 Å². The highest BCUT2D eigenvalue weighted by Gasteiger charge is 2.26. The van der Waals surface area contributed by atoms with E-state index in [1.165, 1.54) is 18.2 Å². The second-order valence-electron chi connectivity index (χ2n) is 8.93. The number of carbonyl (C=O) groups excluding carboxylic acids is 1. The van der Waals surface area contributed by atoms with Gasteiger partial charge in [-0.2, -0.15) is 0 Å². The van der Waals surface area contributed by atoms with E-state index in [1.807, 2.05) is 0 Å². The Morgan fingerprint density at radius 1 is 1.00 bits per heavy atom. The number of rotatable bonds is 9. The molecule has 0 bridgehead atoms. The number of hydrogen-bond donors (Lipinski definition) is 4. The van der Waals surface area contributed by atoms with E-state index in [9.17, 15) is 23.1 Å². The molecule has 1 saturated heterocycles. The number of carboxylic acid groups (broad SMARTS) is 1. The molecule has 1 aliphatic carbocycles. The van der Waals surface area contributed by atoms with Gasteiger partial charge in [-0.05, 0) is 68.0 Å². The number of benzene rings is 2. The lowest BCUT2D eigenvalue weighted by Gasteiger charge is -2.26. The number of aromatic carboxylic acids is 1. The standard InChI is InChI=1S/C25H32N4O6S/c30-24(31)23-19-7-2-1-6-18(19)10-11-21(23)28-36(33,34)22-9-4-3-8-20(22)27-25(32)26-12-5-13-29-14-16-35-17-15-29/h3-4,8-11,28H,1-2,5-7,12-17H2,(H,30,31)(H2,26,27,32). The van der Waals surface area contributed by atoms with Gasteiger partial charge in [-0.3, -0.25) is 9.62 Å². The molecule has 2 aliphatic rings. The van der Waals surface area contributed by atoms with Crippen LogP contribution in [0.15, 0.2) is 41.3 Å². The minimum Gasteiger partial charge on any atom is -0.478 e. The maximum atomic E-state index is 13.3. The van der Waals surface area contributed by atoms with Crippen molar-refractivity contribution in [1.29, 1.82) is 0 Å². The molecule has 10 nitrogen and oxygen atoms in total. The lowest BCUT2D eigenvalue weighted by Crippen LogP contribution is -2.38. The maximum Gasteiger partial charge on any atom is 0.338 e. The highest BCUT2D eigenvalue weighted by molar-refractivity contribution is 7.92. The van der Waals surface area contributed by atoms with E-state index in [0.717, 1.165) is 50.9 Å². The van der Waals surface area contributed by atoms with Crippen LogP contribution in [0.4, 0.5) is 16.2 Å². The zero-order valence-corrected chi connectivity index (χ0v) is 20.9. The third kappa shape index (κ3) is 6.34. The predicted molar refractivity (Wildman–Crippen MR) is 136 cm³/mol. The number of carboxylic acids is 1. The Hall–Kier alpha value is -3.15. The molecule has 11 heteroatoms. The molecule has 1 heterocycles. The van der Waals surface area contributed by atoms with Gasteiger partial charge in [0.15, 0.2) is 0 Å². The van der Waals surface area contributed by atoms with E-state index in [-0.39, 0.29) is 21.8 Å². The first-order chi connectivity index (χ1) is 17.3. The van der Waals surface area contributed by atoms with Crippen molar-refractivity contribution in [3.8, 4) is 0 Å². The van der Waals surface area contributed by atoms with Crippen molar-refractivity contribution < 1.29 is 27.9 Å². The van der Waals surface area contributed by atoms with Gasteiger partial charge in [0.1, 0.15) is 4.90 Å². The number of nitrogens with zero attached hydrogens (tertiary/aromatic N) is 1. The first-order valence-corrected chi connectivity index (χ1v) is 13.7. The number of carbonyl (C=O) groups is 2. The lowest BCUT2D eigenvalue weighted by atomic mass is 9.87. The molecule has 0 spiro atoms. The zero-order valence-electron chi connectivity index (χ0n) is 20.1. The highest BCUT2D eigenvalue weighted by Crippen LogP contribution is 2.32. The van der Waals surface area contributed by atoms with Crippen molar-refractivity contribution >= 4 is 33.4 Å². The first kappa shape index (κ1) is 25.9. The molecule has 0 atom stereocenters. The molecule has 0 unspecified atom stereocenters. The third-order valence-corrected chi connectivity index (χ3v) is 7.88. The Labute approximate surface area is 211 Å². The molecule has 1 fully saturated rings. The van der Waals surface area contributed by atoms with Crippen molar-refractivity contribution in [2.75, 3.05) is 49.4 Å². The largest absolute Gasteiger partial charge is 0.478 e.